The normalized spacial score (nSPS) is 21.2. The lowest BCUT2D eigenvalue weighted by Gasteiger charge is -2.41. The van der Waals surface area contributed by atoms with Gasteiger partial charge in [-0.1, -0.05) is 168 Å². The fourth-order valence-corrected chi connectivity index (χ4v) is 7.24. The van der Waals surface area contributed by atoms with Gasteiger partial charge in [-0.3, -0.25) is 9.35 Å². The monoisotopic (exact) mass is 783 g/mol. The molecule has 1 aliphatic rings. The van der Waals surface area contributed by atoms with Crippen LogP contribution < -0.4 is 0 Å². The molecule has 53 heavy (non-hydrogen) atoms. The zero-order valence-corrected chi connectivity index (χ0v) is 34.2. The maximum atomic E-state index is 12.6. The Morgan fingerprint density at radius 2 is 1.08 bits per heavy atom. The minimum Gasteiger partial charge on any atom is -0.457 e. The highest BCUT2D eigenvalue weighted by Crippen LogP contribution is 2.26. The molecule has 0 aromatic carbocycles. The van der Waals surface area contributed by atoms with E-state index in [9.17, 15) is 28.5 Å². The minimum absolute atomic E-state index is 0.0428. The van der Waals surface area contributed by atoms with E-state index >= 15 is 0 Å². The van der Waals surface area contributed by atoms with E-state index in [-0.39, 0.29) is 19.6 Å². The molecule has 0 aliphatic carbocycles. The Hall–Kier alpha value is -0.900. The number of carbonyl (C=O) groups excluding carboxylic acids is 1. The van der Waals surface area contributed by atoms with Crippen molar-refractivity contribution in [2.75, 3.05) is 26.4 Å². The van der Waals surface area contributed by atoms with Crippen LogP contribution in [0.4, 0.5) is 0 Å². The van der Waals surface area contributed by atoms with E-state index in [1.54, 1.807) is 0 Å². The van der Waals surface area contributed by atoms with Gasteiger partial charge in [-0.15, -0.1) is 0 Å². The standard InChI is InChI=1S/C40H78O12S/c1-3-5-7-9-11-12-13-14-15-16-17-18-19-20-21-22-23-24-26-28-30-48-32-34(50-36(42)29-27-25-10-8-6-4-2)33-49-40-38(44)39(52-53(45,46)47)37(43)35(31-41)51-40/h34-35,37-41,43-44H,3-33H2,1-2H3,(H,45,46,47). The molecule has 1 fully saturated rings. The predicted molar refractivity (Wildman–Crippen MR) is 207 cm³/mol. The molecule has 6 unspecified atom stereocenters. The van der Waals surface area contributed by atoms with Crippen LogP contribution in [0.5, 0.6) is 0 Å². The molecule has 1 rings (SSSR count). The van der Waals surface area contributed by atoms with Crippen molar-refractivity contribution in [2.45, 2.75) is 224 Å². The largest absolute Gasteiger partial charge is 0.457 e. The van der Waals surface area contributed by atoms with E-state index in [1.165, 1.54) is 116 Å². The van der Waals surface area contributed by atoms with E-state index in [0.29, 0.717) is 13.0 Å². The quantitative estimate of drug-likeness (QED) is 0.0271. The molecule has 12 nitrogen and oxygen atoms in total. The molecule has 1 aliphatic heterocycles. The first-order valence-electron chi connectivity index (χ1n) is 21.3. The Bertz CT molecular complexity index is 952. The minimum atomic E-state index is -5.05. The number of carbonyl (C=O) groups is 1. The molecule has 0 spiro atoms. The molecular weight excluding hydrogens is 704 g/mol. The Morgan fingerprint density at radius 1 is 0.642 bits per heavy atom. The second-order valence-corrected chi connectivity index (χ2v) is 16.0. The second-order valence-electron chi connectivity index (χ2n) is 15.0. The van der Waals surface area contributed by atoms with E-state index in [0.717, 1.165) is 44.9 Å². The zero-order valence-electron chi connectivity index (χ0n) is 33.3. The van der Waals surface area contributed by atoms with Crippen molar-refractivity contribution in [2.24, 2.45) is 0 Å². The third-order valence-corrected chi connectivity index (χ3v) is 10.4. The maximum absolute atomic E-state index is 12.6. The lowest BCUT2D eigenvalue weighted by molar-refractivity contribution is -0.301. The highest BCUT2D eigenvalue weighted by atomic mass is 32.3. The summed E-state index contributed by atoms with van der Waals surface area (Å²) in [5.74, 6) is -0.405. The van der Waals surface area contributed by atoms with Crippen LogP contribution in [0.15, 0.2) is 0 Å². The average molecular weight is 783 g/mol. The van der Waals surface area contributed by atoms with Gasteiger partial charge in [0.2, 0.25) is 0 Å². The van der Waals surface area contributed by atoms with Gasteiger partial charge in [-0.05, 0) is 12.8 Å². The first-order chi connectivity index (χ1) is 25.6. The fraction of sp³-hybridized carbons (Fsp3) is 0.975. The van der Waals surface area contributed by atoms with Crippen molar-refractivity contribution in [1.29, 1.82) is 0 Å². The van der Waals surface area contributed by atoms with Gasteiger partial charge in [0.15, 0.2) is 6.29 Å². The summed E-state index contributed by atoms with van der Waals surface area (Å²) in [6, 6.07) is 0. The topological polar surface area (TPSA) is 178 Å². The zero-order chi connectivity index (χ0) is 39.0. The molecule has 6 atom stereocenters. The van der Waals surface area contributed by atoms with E-state index in [4.69, 9.17) is 23.5 Å². The van der Waals surface area contributed by atoms with Crippen LogP contribution in [0.1, 0.15) is 187 Å². The third-order valence-electron chi connectivity index (χ3n) is 9.98. The summed E-state index contributed by atoms with van der Waals surface area (Å²) in [7, 11) is -5.05. The highest BCUT2D eigenvalue weighted by molar-refractivity contribution is 7.80. The summed E-state index contributed by atoms with van der Waals surface area (Å²) in [6.07, 6.45) is 23.3. The van der Waals surface area contributed by atoms with Gasteiger partial charge in [-0.25, -0.2) is 4.18 Å². The number of aliphatic hydroxyl groups is 3. The Labute approximate surface area is 322 Å². The molecule has 0 saturated carbocycles. The first-order valence-corrected chi connectivity index (χ1v) is 22.7. The van der Waals surface area contributed by atoms with Crippen LogP contribution in [0.2, 0.25) is 0 Å². The van der Waals surface area contributed by atoms with Crippen LogP contribution in [-0.4, -0.2) is 97.5 Å². The first kappa shape index (κ1) is 50.1. The summed E-state index contributed by atoms with van der Waals surface area (Å²) < 4.78 is 58.7. The van der Waals surface area contributed by atoms with Crippen molar-refractivity contribution in [3.8, 4) is 0 Å². The van der Waals surface area contributed by atoms with Crippen molar-refractivity contribution in [3.05, 3.63) is 0 Å². The fourth-order valence-electron chi connectivity index (χ4n) is 6.73. The van der Waals surface area contributed by atoms with Crippen LogP contribution in [0.25, 0.3) is 0 Å². The predicted octanol–water partition coefficient (Wildman–Crippen LogP) is 8.13. The van der Waals surface area contributed by atoms with E-state index in [1.807, 2.05) is 0 Å². The van der Waals surface area contributed by atoms with Crippen LogP contribution in [-0.2, 0) is 38.3 Å². The summed E-state index contributed by atoms with van der Waals surface area (Å²) in [5, 5.41) is 30.5. The van der Waals surface area contributed by atoms with Crippen molar-refractivity contribution < 1.29 is 56.2 Å². The Balaban J connectivity index is 2.30. The SMILES string of the molecule is CCCCCCCCCCCCCCCCCCCCCCOCC(COC1OC(CO)C(O)C(OS(=O)(=O)O)C1O)OC(=O)CCCCCCCC. The molecule has 0 aromatic rings. The van der Waals surface area contributed by atoms with E-state index < -0.39 is 59.8 Å². The van der Waals surface area contributed by atoms with Crippen molar-refractivity contribution >= 4 is 16.4 Å². The summed E-state index contributed by atoms with van der Waals surface area (Å²) in [5.41, 5.74) is 0. The molecule has 0 radical (unpaired) electrons. The van der Waals surface area contributed by atoms with Crippen LogP contribution >= 0.6 is 0 Å². The van der Waals surface area contributed by atoms with Crippen molar-refractivity contribution in [3.63, 3.8) is 0 Å². The summed E-state index contributed by atoms with van der Waals surface area (Å²) in [6.45, 7) is 3.94. The molecule has 316 valence electrons. The van der Waals surface area contributed by atoms with E-state index in [2.05, 4.69) is 18.0 Å². The van der Waals surface area contributed by atoms with Gasteiger partial charge in [0.1, 0.15) is 30.5 Å². The molecule has 4 N–H and O–H groups in total. The number of ether oxygens (including phenoxy) is 4. The number of hydrogen-bond donors (Lipinski definition) is 4. The number of unbranched alkanes of at least 4 members (excludes halogenated alkanes) is 24. The number of hydrogen-bond acceptors (Lipinski definition) is 11. The van der Waals surface area contributed by atoms with Gasteiger partial charge in [0.25, 0.3) is 0 Å². The Kier molecular flexibility index (Phi) is 31.5. The van der Waals surface area contributed by atoms with Gasteiger partial charge < -0.3 is 34.3 Å². The van der Waals surface area contributed by atoms with Crippen LogP contribution in [0.3, 0.4) is 0 Å². The van der Waals surface area contributed by atoms with Gasteiger partial charge >= 0.3 is 16.4 Å². The number of esters is 1. The molecule has 0 amide bonds. The van der Waals surface area contributed by atoms with Crippen molar-refractivity contribution in [1.82, 2.24) is 0 Å². The molecule has 13 heteroatoms. The number of rotatable bonds is 37. The highest BCUT2D eigenvalue weighted by Gasteiger charge is 2.48. The third kappa shape index (κ3) is 27.4. The molecular formula is C40H78O12S. The Morgan fingerprint density at radius 3 is 1.51 bits per heavy atom. The average Bonchev–Trinajstić information content (AvgIpc) is 3.12. The number of aliphatic hydroxyl groups excluding tert-OH is 3. The molecule has 1 saturated heterocycles. The lowest BCUT2D eigenvalue weighted by Crippen LogP contribution is -2.60. The molecule has 0 aromatic heterocycles. The maximum Gasteiger partial charge on any atom is 0.397 e. The van der Waals surface area contributed by atoms with Crippen LogP contribution in [0, 0.1) is 0 Å². The van der Waals surface area contributed by atoms with Gasteiger partial charge in [0.05, 0.1) is 19.8 Å². The summed E-state index contributed by atoms with van der Waals surface area (Å²) in [4.78, 5) is 12.6. The second kappa shape index (κ2) is 33.3. The van der Waals surface area contributed by atoms with Gasteiger partial charge in [0, 0.05) is 13.0 Å². The molecule has 1 heterocycles. The van der Waals surface area contributed by atoms with Gasteiger partial charge in [-0.2, -0.15) is 8.42 Å². The summed E-state index contributed by atoms with van der Waals surface area (Å²) >= 11 is 0. The smallest absolute Gasteiger partial charge is 0.397 e. The molecule has 0 bridgehead atoms. The lowest BCUT2D eigenvalue weighted by atomic mass is 9.99.